The summed E-state index contributed by atoms with van der Waals surface area (Å²) >= 11 is 5.69. The second kappa shape index (κ2) is 4.14. The lowest BCUT2D eigenvalue weighted by molar-refractivity contribution is -0.121. The third kappa shape index (κ3) is 2.66. The maximum absolute atomic E-state index is 12.4. The van der Waals surface area contributed by atoms with Crippen molar-refractivity contribution >= 4 is 30.2 Å². The summed E-state index contributed by atoms with van der Waals surface area (Å²) in [6, 6.07) is 4.23. The van der Waals surface area contributed by atoms with Crippen molar-refractivity contribution < 1.29 is 22.5 Å². The fourth-order valence-electron chi connectivity index (χ4n) is 1.58. The lowest BCUT2D eigenvalue weighted by Crippen LogP contribution is -2.46. The molecule has 1 aliphatic heterocycles. The van der Waals surface area contributed by atoms with Crippen LogP contribution >= 0.6 is 11.6 Å². The normalized spacial score (nSPS) is 15.5. The summed E-state index contributed by atoms with van der Waals surface area (Å²) in [5, 5.41) is 0.252. The number of nitrogens with zero attached hydrogens (tertiary/aromatic N) is 1. The standard InChI is InChI=1S/C9H7BClF3NO2/c11-6-1-2-8-7(3-6)15(5-10(12,13)14)9(16)4-17-8/h1-3H,4-5H2/q-1. The molecular formula is C9H7BClF3NO2-. The number of amides is 1. The van der Waals surface area contributed by atoms with Crippen LogP contribution in [0.25, 0.3) is 0 Å². The fraction of sp³-hybridized carbons (Fsp3) is 0.222. The second-order valence-electron chi connectivity index (χ2n) is 3.62. The van der Waals surface area contributed by atoms with Crippen molar-refractivity contribution in [2.75, 3.05) is 18.0 Å². The first-order valence-corrected chi connectivity index (χ1v) is 5.18. The van der Waals surface area contributed by atoms with Gasteiger partial charge in [0, 0.05) is 5.02 Å². The van der Waals surface area contributed by atoms with Gasteiger partial charge in [0.1, 0.15) is 5.75 Å². The molecule has 0 saturated heterocycles. The predicted molar refractivity (Wildman–Crippen MR) is 58.4 cm³/mol. The van der Waals surface area contributed by atoms with E-state index in [9.17, 15) is 17.7 Å². The van der Waals surface area contributed by atoms with E-state index in [-0.39, 0.29) is 23.1 Å². The molecule has 1 aromatic carbocycles. The first-order chi connectivity index (χ1) is 7.87. The molecule has 0 spiro atoms. The molecule has 1 amide bonds. The number of ether oxygens (including phenoxy) is 1. The number of benzene rings is 1. The van der Waals surface area contributed by atoms with Gasteiger partial charge in [-0.1, -0.05) is 11.6 Å². The number of fused-ring (bicyclic) bond motifs is 1. The van der Waals surface area contributed by atoms with Crippen molar-refractivity contribution in [3.8, 4) is 5.75 Å². The molecule has 1 aliphatic rings. The highest BCUT2D eigenvalue weighted by Crippen LogP contribution is 2.35. The number of carbonyl (C=O) groups excluding carboxylic acids is 1. The molecular weight excluding hydrogens is 257 g/mol. The minimum Gasteiger partial charge on any atom is -0.482 e. The molecule has 17 heavy (non-hydrogen) atoms. The Balaban J connectivity index is 2.39. The van der Waals surface area contributed by atoms with Crippen LogP contribution in [0, 0.1) is 0 Å². The molecule has 1 heterocycles. The minimum absolute atomic E-state index is 0.0629. The third-order valence-electron chi connectivity index (χ3n) is 2.25. The first-order valence-electron chi connectivity index (χ1n) is 4.80. The van der Waals surface area contributed by atoms with Crippen LogP contribution in [0.3, 0.4) is 0 Å². The van der Waals surface area contributed by atoms with Gasteiger partial charge in [0.05, 0.1) is 5.69 Å². The van der Waals surface area contributed by atoms with Crippen molar-refractivity contribution in [1.82, 2.24) is 0 Å². The van der Waals surface area contributed by atoms with Crippen LogP contribution in [0.4, 0.5) is 18.6 Å². The number of hydrogen-bond donors (Lipinski definition) is 0. The summed E-state index contributed by atoms with van der Waals surface area (Å²) in [6.07, 6.45) is -1.28. The monoisotopic (exact) mass is 264 g/mol. The van der Waals surface area contributed by atoms with Gasteiger partial charge >= 0.3 is 6.98 Å². The van der Waals surface area contributed by atoms with Gasteiger partial charge in [0.2, 0.25) is 0 Å². The number of halogens is 4. The Hall–Kier alpha value is -1.37. The van der Waals surface area contributed by atoms with Gasteiger partial charge in [-0.05, 0) is 24.6 Å². The van der Waals surface area contributed by atoms with Crippen LogP contribution in [0.15, 0.2) is 18.2 Å². The van der Waals surface area contributed by atoms with Crippen LogP contribution in [0.1, 0.15) is 0 Å². The van der Waals surface area contributed by atoms with Gasteiger partial charge in [-0.3, -0.25) is 4.79 Å². The summed E-state index contributed by atoms with van der Waals surface area (Å²) in [5.41, 5.74) is 0.0629. The van der Waals surface area contributed by atoms with Gasteiger partial charge in [0.15, 0.2) is 6.61 Å². The van der Waals surface area contributed by atoms with E-state index >= 15 is 0 Å². The molecule has 0 aromatic heterocycles. The molecule has 2 rings (SSSR count). The first kappa shape index (κ1) is 12.1. The highest BCUT2D eigenvalue weighted by molar-refractivity contribution is 6.59. The Morgan fingerprint density at radius 1 is 1.41 bits per heavy atom. The van der Waals surface area contributed by atoms with Crippen LogP contribution in [-0.4, -0.2) is 25.9 Å². The zero-order valence-corrected chi connectivity index (χ0v) is 9.26. The van der Waals surface area contributed by atoms with Gasteiger partial charge in [-0.2, -0.15) is 0 Å². The lowest BCUT2D eigenvalue weighted by Gasteiger charge is -2.33. The third-order valence-corrected chi connectivity index (χ3v) is 2.49. The number of hydrogen-bond acceptors (Lipinski definition) is 2. The Morgan fingerprint density at radius 2 is 2.12 bits per heavy atom. The topological polar surface area (TPSA) is 29.5 Å². The smallest absolute Gasteiger partial charge is 0.482 e. The maximum atomic E-state index is 12.4. The van der Waals surface area contributed by atoms with E-state index in [4.69, 9.17) is 16.3 Å². The Labute approximate surface area is 100 Å². The number of rotatable bonds is 2. The minimum atomic E-state index is -5.10. The molecule has 0 saturated carbocycles. The summed E-state index contributed by atoms with van der Waals surface area (Å²) < 4.78 is 42.2. The molecule has 3 nitrogen and oxygen atoms in total. The SMILES string of the molecule is O=C1COc2ccc(Cl)cc2N1C[B-](F)(F)F. The highest BCUT2D eigenvalue weighted by atomic mass is 35.5. The van der Waals surface area contributed by atoms with Gasteiger partial charge in [-0.15, -0.1) is 0 Å². The van der Waals surface area contributed by atoms with Gasteiger partial charge < -0.3 is 22.6 Å². The largest absolute Gasteiger partial charge is 0.497 e. The van der Waals surface area contributed by atoms with E-state index < -0.39 is 19.3 Å². The molecule has 1 aromatic rings. The van der Waals surface area contributed by atoms with Crippen molar-refractivity contribution in [2.24, 2.45) is 0 Å². The average Bonchev–Trinajstić information content (AvgIpc) is 2.21. The molecule has 0 bridgehead atoms. The number of anilines is 1. The van der Waals surface area contributed by atoms with Crippen LogP contribution in [-0.2, 0) is 4.79 Å². The Kier molecular flexibility index (Phi) is 2.95. The highest BCUT2D eigenvalue weighted by Gasteiger charge is 2.33. The lowest BCUT2D eigenvalue weighted by atomic mass is 9.90. The van der Waals surface area contributed by atoms with E-state index in [0.717, 1.165) is 0 Å². The molecule has 8 heteroatoms. The second-order valence-corrected chi connectivity index (χ2v) is 4.05. The fourth-order valence-corrected chi connectivity index (χ4v) is 1.75. The predicted octanol–water partition coefficient (Wildman–Crippen LogP) is 2.45. The van der Waals surface area contributed by atoms with Crippen molar-refractivity contribution in [1.29, 1.82) is 0 Å². The summed E-state index contributed by atoms with van der Waals surface area (Å²) in [5.74, 6) is -0.493. The van der Waals surface area contributed by atoms with E-state index in [2.05, 4.69) is 0 Å². The van der Waals surface area contributed by atoms with Crippen LogP contribution < -0.4 is 9.64 Å². The molecule has 0 aliphatic carbocycles. The Morgan fingerprint density at radius 3 is 2.76 bits per heavy atom. The Bertz CT molecular complexity index is 466. The summed E-state index contributed by atoms with van der Waals surface area (Å²) in [4.78, 5) is 12.1. The summed E-state index contributed by atoms with van der Waals surface area (Å²) in [6.45, 7) is -5.48. The zero-order chi connectivity index (χ0) is 12.6. The van der Waals surface area contributed by atoms with E-state index in [1.807, 2.05) is 0 Å². The van der Waals surface area contributed by atoms with Gasteiger partial charge in [-0.25, -0.2) is 0 Å². The van der Waals surface area contributed by atoms with Crippen molar-refractivity contribution in [3.05, 3.63) is 23.2 Å². The van der Waals surface area contributed by atoms with E-state index in [0.29, 0.717) is 4.90 Å². The van der Waals surface area contributed by atoms with Crippen molar-refractivity contribution in [3.63, 3.8) is 0 Å². The van der Waals surface area contributed by atoms with Crippen molar-refractivity contribution in [2.45, 2.75) is 0 Å². The molecule has 0 fully saturated rings. The van der Waals surface area contributed by atoms with Crippen LogP contribution in [0.2, 0.25) is 5.02 Å². The number of carbonyl (C=O) groups is 1. The molecule has 0 atom stereocenters. The molecule has 0 unspecified atom stereocenters. The summed E-state index contributed by atoms with van der Waals surface area (Å²) in [7, 11) is 0. The molecule has 92 valence electrons. The van der Waals surface area contributed by atoms with Gasteiger partial charge in [0.25, 0.3) is 5.91 Å². The average molecular weight is 264 g/mol. The zero-order valence-electron chi connectivity index (χ0n) is 8.50. The quantitative estimate of drug-likeness (QED) is 0.768. The van der Waals surface area contributed by atoms with Crippen LogP contribution in [0.5, 0.6) is 5.75 Å². The van der Waals surface area contributed by atoms with E-state index in [1.165, 1.54) is 18.2 Å². The molecule has 0 N–H and O–H groups in total. The van der Waals surface area contributed by atoms with E-state index in [1.54, 1.807) is 0 Å². The maximum Gasteiger partial charge on any atom is 0.497 e. The molecule has 0 radical (unpaired) electrons.